The molecule has 0 saturated carbocycles. The van der Waals surface area contributed by atoms with Gasteiger partial charge in [0.15, 0.2) is 6.10 Å². The first-order valence-corrected chi connectivity index (χ1v) is 10.7. The van der Waals surface area contributed by atoms with Crippen LogP contribution in [0.1, 0.15) is 23.5 Å². The number of amides is 2. The van der Waals surface area contributed by atoms with E-state index in [1.807, 2.05) is 48.5 Å². The lowest BCUT2D eigenvalue weighted by atomic mass is 9.97. The molecule has 0 bridgehead atoms. The summed E-state index contributed by atoms with van der Waals surface area (Å²) < 4.78 is 15.7. The summed E-state index contributed by atoms with van der Waals surface area (Å²) in [6.45, 7) is 0.124. The Morgan fingerprint density at radius 1 is 1.12 bits per heavy atom. The first-order chi connectivity index (χ1) is 15.9. The van der Waals surface area contributed by atoms with Crippen molar-refractivity contribution in [2.45, 2.75) is 24.0 Å². The molecule has 9 heteroatoms. The molecular weight excluding hydrogens is 428 g/mol. The number of rotatable bonds is 8. The van der Waals surface area contributed by atoms with Crippen LogP contribution in [0.15, 0.2) is 48.5 Å². The Labute approximate surface area is 191 Å². The van der Waals surface area contributed by atoms with Crippen LogP contribution in [0.2, 0.25) is 0 Å². The molecule has 0 radical (unpaired) electrons. The second-order valence-corrected chi connectivity index (χ2v) is 8.11. The number of carbonyl (C=O) groups is 3. The van der Waals surface area contributed by atoms with E-state index >= 15 is 0 Å². The minimum atomic E-state index is -1.33. The minimum Gasteiger partial charge on any atom is -0.479 e. The SMILES string of the molecule is COC(CNC(=O)C1(NC(=O)OCC2c3ccccc3-c3ccccc32)CCOC1)C(=O)O. The highest BCUT2D eigenvalue weighted by molar-refractivity contribution is 5.91. The highest BCUT2D eigenvalue weighted by Gasteiger charge is 2.44. The standard InChI is InChI=1S/C24H26N2O7/c1-31-20(21(27)28)12-25-22(29)24(10-11-32-14-24)26-23(30)33-13-19-17-8-4-2-6-15(17)16-7-3-5-9-18(16)19/h2-9,19-20H,10-14H2,1H3,(H,25,29)(H,26,30)(H,27,28). The van der Waals surface area contributed by atoms with Crippen molar-refractivity contribution in [3.05, 3.63) is 59.7 Å². The van der Waals surface area contributed by atoms with Crippen molar-refractivity contribution in [3.63, 3.8) is 0 Å². The monoisotopic (exact) mass is 454 g/mol. The van der Waals surface area contributed by atoms with Crippen LogP contribution < -0.4 is 10.6 Å². The van der Waals surface area contributed by atoms with Crippen molar-refractivity contribution in [1.82, 2.24) is 10.6 Å². The van der Waals surface area contributed by atoms with Gasteiger partial charge in [0.25, 0.3) is 0 Å². The zero-order valence-corrected chi connectivity index (χ0v) is 18.2. The van der Waals surface area contributed by atoms with Crippen LogP contribution in [0.25, 0.3) is 11.1 Å². The van der Waals surface area contributed by atoms with Crippen molar-refractivity contribution in [3.8, 4) is 11.1 Å². The maximum absolute atomic E-state index is 12.8. The van der Waals surface area contributed by atoms with E-state index in [1.54, 1.807) is 0 Å². The van der Waals surface area contributed by atoms with Crippen LogP contribution in [-0.2, 0) is 23.8 Å². The predicted molar refractivity (Wildman–Crippen MR) is 118 cm³/mol. The Kier molecular flexibility index (Phi) is 6.62. The summed E-state index contributed by atoms with van der Waals surface area (Å²) in [7, 11) is 1.24. The molecule has 2 atom stereocenters. The van der Waals surface area contributed by atoms with E-state index < -0.39 is 29.6 Å². The molecule has 1 aliphatic carbocycles. The second kappa shape index (κ2) is 9.60. The van der Waals surface area contributed by atoms with Crippen LogP contribution >= 0.6 is 0 Å². The Hall–Kier alpha value is -3.43. The second-order valence-electron chi connectivity index (χ2n) is 8.11. The topological polar surface area (TPSA) is 123 Å². The molecular formula is C24H26N2O7. The van der Waals surface area contributed by atoms with Crippen molar-refractivity contribution in [2.24, 2.45) is 0 Å². The fraction of sp³-hybridized carbons (Fsp3) is 0.375. The molecule has 1 aliphatic heterocycles. The molecule has 2 aliphatic rings. The fourth-order valence-electron chi connectivity index (χ4n) is 4.36. The number of hydrogen-bond donors (Lipinski definition) is 3. The summed E-state index contributed by atoms with van der Waals surface area (Å²) in [4.78, 5) is 36.6. The fourth-order valence-corrected chi connectivity index (χ4v) is 4.36. The van der Waals surface area contributed by atoms with Gasteiger partial charge in [-0.05, 0) is 22.3 Å². The highest BCUT2D eigenvalue weighted by atomic mass is 16.6. The molecule has 33 heavy (non-hydrogen) atoms. The number of ether oxygens (including phenoxy) is 3. The Morgan fingerprint density at radius 2 is 1.76 bits per heavy atom. The van der Waals surface area contributed by atoms with Crippen LogP contribution in [0.4, 0.5) is 4.79 Å². The van der Waals surface area contributed by atoms with Gasteiger partial charge in [-0.15, -0.1) is 0 Å². The Morgan fingerprint density at radius 3 is 2.30 bits per heavy atom. The van der Waals surface area contributed by atoms with Gasteiger partial charge < -0.3 is 30.0 Å². The van der Waals surface area contributed by atoms with Gasteiger partial charge in [0.05, 0.1) is 13.2 Å². The van der Waals surface area contributed by atoms with Gasteiger partial charge in [0.2, 0.25) is 5.91 Å². The zero-order chi connectivity index (χ0) is 23.4. The molecule has 1 fully saturated rings. The summed E-state index contributed by atoms with van der Waals surface area (Å²) >= 11 is 0. The molecule has 0 spiro atoms. The number of carboxylic acid groups (broad SMARTS) is 1. The van der Waals surface area contributed by atoms with E-state index in [0.29, 0.717) is 0 Å². The summed E-state index contributed by atoms with van der Waals surface area (Å²) in [6.07, 6.45) is -1.69. The number of fused-ring (bicyclic) bond motifs is 3. The van der Waals surface area contributed by atoms with Gasteiger partial charge in [-0.25, -0.2) is 9.59 Å². The normalized spacial score (nSPS) is 19.9. The highest BCUT2D eigenvalue weighted by Crippen LogP contribution is 2.44. The summed E-state index contributed by atoms with van der Waals surface area (Å²) in [5, 5.41) is 14.3. The van der Waals surface area contributed by atoms with Crippen molar-refractivity contribution in [2.75, 3.05) is 33.5 Å². The molecule has 9 nitrogen and oxygen atoms in total. The van der Waals surface area contributed by atoms with E-state index in [-0.39, 0.29) is 38.7 Å². The van der Waals surface area contributed by atoms with Crippen molar-refractivity contribution < 1.29 is 33.7 Å². The van der Waals surface area contributed by atoms with E-state index in [2.05, 4.69) is 10.6 Å². The molecule has 2 unspecified atom stereocenters. The Bertz CT molecular complexity index is 1000. The molecule has 4 rings (SSSR count). The average molecular weight is 454 g/mol. The quantitative estimate of drug-likeness (QED) is 0.557. The number of methoxy groups -OCH3 is 1. The third-order valence-corrected chi connectivity index (χ3v) is 6.15. The lowest BCUT2D eigenvalue weighted by Gasteiger charge is -2.28. The maximum Gasteiger partial charge on any atom is 0.408 e. The molecule has 1 saturated heterocycles. The number of aliphatic carboxylic acids is 1. The molecule has 2 aromatic carbocycles. The lowest BCUT2D eigenvalue weighted by molar-refractivity contribution is -0.148. The number of carboxylic acids is 1. The lowest BCUT2D eigenvalue weighted by Crippen LogP contribution is -2.60. The van der Waals surface area contributed by atoms with Crippen LogP contribution in [0.5, 0.6) is 0 Å². The summed E-state index contributed by atoms with van der Waals surface area (Å²) in [5.74, 6) is -1.85. The first kappa shape index (κ1) is 22.8. The van der Waals surface area contributed by atoms with Gasteiger partial charge in [-0.3, -0.25) is 4.79 Å². The van der Waals surface area contributed by atoms with Gasteiger partial charge in [-0.1, -0.05) is 48.5 Å². The number of nitrogens with one attached hydrogen (secondary N) is 2. The minimum absolute atomic E-state index is 0.0340. The third kappa shape index (κ3) is 4.55. The van der Waals surface area contributed by atoms with Gasteiger partial charge >= 0.3 is 12.1 Å². The van der Waals surface area contributed by atoms with Crippen LogP contribution in [-0.4, -0.2) is 68.2 Å². The molecule has 174 valence electrons. The third-order valence-electron chi connectivity index (χ3n) is 6.15. The number of alkyl carbamates (subject to hydrolysis) is 1. The molecule has 1 heterocycles. The Balaban J connectivity index is 1.41. The van der Waals surface area contributed by atoms with Crippen molar-refractivity contribution in [1.29, 1.82) is 0 Å². The van der Waals surface area contributed by atoms with E-state index in [4.69, 9.17) is 19.3 Å². The largest absolute Gasteiger partial charge is 0.479 e. The summed E-state index contributed by atoms with van der Waals surface area (Å²) in [5.41, 5.74) is 3.07. The van der Waals surface area contributed by atoms with E-state index in [9.17, 15) is 14.4 Å². The first-order valence-electron chi connectivity index (χ1n) is 10.7. The van der Waals surface area contributed by atoms with E-state index in [0.717, 1.165) is 22.3 Å². The average Bonchev–Trinajstić information content (AvgIpc) is 3.41. The maximum atomic E-state index is 12.8. The predicted octanol–water partition coefficient (Wildman–Crippen LogP) is 1.90. The van der Waals surface area contributed by atoms with Gasteiger partial charge in [-0.2, -0.15) is 0 Å². The number of benzene rings is 2. The number of hydrogen-bond acceptors (Lipinski definition) is 6. The molecule has 2 amide bonds. The van der Waals surface area contributed by atoms with Gasteiger partial charge in [0, 0.05) is 26.1 Å². The molecule has 2 aromatic rings. The smallest absolute Gasteiger partial charge is 0.408 e. The molecule has 0 aromatic heterocycles. The van der Waals surface area contributed by atoms with Crippen molar-refractivity contribution >= 4 is 18.0 Å². The van der Waals surface area contributed by atoms with Crippen LogP contribution in [0, 0.1) is 0 Å². The zero-order valence-electron chi connectivity index (χ0n) is 18.2. The van der Waals surface area contributed by atoms with E-state index in [1.165, 1.54) is 7.11 Å². The summed E-state index contributed by atoms with van der Waals surface area (Å²) in [6, 6.07) is 16.0. The number of carbonyl (C=O) groups excluding carboxylic acids is 2. The molecule has 3 N–H and O–H groups in total. The van der Waals surface area contributed by atoms with Gasteiger partial charge in [0.1, 0.15) is 12.1 Å². The van der Waals surface area contributed by atoms with Crippen LogP contribution in [0.3, 0.4) is 0 Å².